The van der Waals surface area contributed by atoms with Crippen LogP contribution in [0.25, 0.3) is 0 Å². The molecule has 1 heterocycles. The minimum atomic E-state index is -3.54. The van der Waals surface area contributed by atoms with Crippen molar-refractivity contribution in [3.8, 4) is 0 Å². The molecule has 0 spiro atoms. The Bertz CT molecular complexity index is 730. The van der Waals surface area contributed by atoms with Gasteiger partial charge in [-0.25, -0.2) is 13.1 Å². The lowest BCUT2D eigenvalue weighted by atomic mass is 10.1. The Labute approximate surface area is 148 Å². The second-order valence-corrected chi connectivity index (χ2v) is 7.64. The standard InChI is InChI=1S/C16H21N3O3S.ClH/c20-16(18-11-12-6-8-17-9-7-12)13-2-1-3-15(10-13)23(21,22)19-14-4-5-14;/h1-3,6,10,14,17,19H,4-5,7-9,11H2,(H,18,20);1H. The van der Waals surface area contributed by atoms with Gasteiger partial charge in [0.15, 0.2) is 0 Å². The topological polar surface area (TPSA) is 87.3 Å². The van der Waals surface area contributed by atoms with Crippen LogP contribution in [0.3, 0.4) is 0 Å². The average Bonchev–Trinajstić information content (AvgIpc) is 3.37. The second kappa shape index (κ2) is 8.11. The van der Waals surface area contributed by atoms with Gasteiger partial charge in [-0.1, -0.05) is 17.7 Å². The molecule has 24 heavy (non-hydrogen) atoms. The van der Waals surface area contributed by atoms with Crippen LogP contribution in [0, 0.1) is 0 Å². The number of rotatable bonds is 6. The largest absolute Gasteiger partial charge is 0.348 e. The number of carbonyl (C=O) groups excluding carboxylic acids is 1. The Hall–Kier alpha value is -1.41. The number of halogens is 1. The first-order valence-corrected chi connectivity index (χ1v) is 9.32. The molecule has 1 amide bonds. The summed E-state index contributed by atoms with van der Waals surface area (Å²) >= 11 is 0. The maximum atomic E-state index is 12.2. The highest BCUT2D eigenvalue weighted by Gasteiger charge is 2.28. The molecule has 3 N–H and O–H groups in total. The molecular formula is C16H22ClN3O3S. The van der Waals surface area contributed by atoms with Gasteiger partial charge >= 0.3 is 0 Å². The lowest BCUT2D eigenvalue weighted by molar-refractivity contribution is 0.0956. The van der Waals surface area contributed by atoms with Crippen molar-refractivity contribution in [1.82, 2.24) is 15.4 Å². The number of hydrogen-bond acceptors (Lipinski definition) is 4. The summed E-state index contributed by atoms with van der Waals surface area (Å²) in [5.41, 5.74) is 1.55. The van der Waals surface area contributed by atoms with Crippen LogP contribution in [-0.4, -0.2) is 40.0 Å². The van der Waals surface area contributed by atoms with Crippen LogP contribution in [0.2, 0.25) is 0 Å². The summed E-state index contributed by atoms with van der Waals surface area (Å²) in [5, 5.41) is 6.07. The molecule has 0 aromatic heterocycles. The van der Waals surface area contributed by atoms with E-state index in [9.17, 15) is 13.2 Å². The van der Waals surface area contributed by atoms with Gasteiger partial charge in [-0.2, -0.15) is 0 Å². The fourth-order valence-corrected chi connectivity index (χ4v) is 3.77. The molecule has 1 aromatic rings. The Morgan fingerprint density at radius 3 is 2.75 bits per heavy atom. The number of benzene rings is 1. The fourth-order valence-electron chi connectivity index (χ4n) is 2.42. The normalized spacial score (nSPS) is 17.6. The molecule has 2 aliphatic rings. The van der Waals surface area contributed by atoms with Gasteiger partial charge in [0.2, 0.25) is 10.0 Å². The summed E-state index contributed by atoms with van der Waals surface area (Å²) in [6, 6.07) is 6.21. The number of hydrogen-bond donors (Lipinski definition) is 3. The zero-order valence-corrected chi connectivity index (χ0v) is 14.9. The van der Waals surface area contributed by atoms with Gasteiger partial charge in [0.1, 0.15) is 0 Å². The van der Waals surface area contributed by atoms with Gasteiger partial charge in [0.05, 0.1) is 4.90 Å². The van der Waals surface area contributed by atoms with Crippen molar-refractivity contribution in [2.75, 3.05) is 19.6 Å². The molecule has 1 aliphatic carbocycles. The van der Waals surface area contributed by atoms with Gasteiger partial charge in [-0.05, 0) is 44.0 Å². The Morgan fingerprint density at radius 1 is 1.29 bits per heavy atom. The first-order valence-electron chi connectivity index (χ1n) is 7.84. The molecule has 1 aromatic carbocycles. The number of amides is 1. The SMILES string of the molecule is Cl.O=C(NCC1=CCNCC1)c1cccc(S(=O)(=O)NC2CC2)c1. The molecule has 0 atom stereocenters. The molecule has 0 unspecified atom stereocenters. The molecular weight excluding hydrogens is 350 g/mol. The van der Waals surface area contributed by atoms with E-state index in [0.717, 1.165) is 32.4 Å². The average molecular weight is 372 g/mol. The quantitative estimate of drug-likeness (QED) is 0.656. The molecule has 132 valence electrons. The van der Waals surface area contributed by atoms with E-state index in [1.165, 1.54) is 17.7 Å². The van der Waals surface area contributed by atoms with E-state index in [1.807, 2.05) is 0 Å². The zero-order chi connectivity index (χ0) is 16.3. The second-order valence-electron chi connectivity index (χ2n) is 5.92. The molecule has 6 nitrogen and oxygen atoms in total. The van der Waals surface area contributed by atoms with Gasteiger partial charge < -0.3 is 10.6 Å². The van der Waals surface area contributed by atoms with Gasteiger partial charge in [0.25, 0.3) is 5.91 Å². The van der Waals surface area contributed by atoms with E-state index in [0.29, 0.717) is 12.1 Å². The van der Waals surface area contributed by atoms with E-state index in [2.05, 4.69) is 21.4 Å². The van der Waals surface area contributed by atoms with E-state index >= 15 is 0 Å². The Kier molecular flexibility index (Phi) is 6.40. The highest BCUT2D eigenvalue weighted by Crippen LogP contribution is 2.22. The van der Waals surface area contributed by atoms with Crippen LogP contribution in [0.1, 0.15) is 29.6 Å². The van der Waals surface area contributed by atoms with E-state index in [-0.39, 0.29) is 29.3 Å². The van der Waals surface area contributed by atoms with E-state index in [4.69, 9.17) is 0 Å². The van der Waals surface area contributed by atoms with Crippen molar-refractivity contribution in [2.24, 2.45) is 0 Å². The monoisotopic (exact) mass is 371 g/mol. The van der Waals surface area contributed by atoms with Crippen LogP contribution in [-0.2, 0) is 10.0 Å². The summed E-state index contributed by atoms with van der Waals surface area (Å²) in [7, 11) is -3.54. The molecule has 0 bridgehead atoms. The van der Waals surface area contributed by atoms with Crippen LogP contribution < -0.4 is 15.4 Å². The molecule has 8 heteroatoms. The molecule has 1 aliphatic heterocycles. The molecule has 1 fully saturated rings. The minimum Gasteiger partial charge on any atom is -0.348 e. The highest BCUT2D eigenvalue weighted by atomic mass is 35.5. The number of sulfonamides is 1. The predicted molar refractivity (Wildman–Crippen MR) is 94.9 cm³/mol. The maximum absolute atomic E-state index is 12.2. The lowest BCUT2D eigenvalue weighted by Crippen LogP contribution is -2.30. The molecule has 3 rings (SSSR count). The summed E-state index contributed by atoms with van der Waals surface area (Å²) in [6.45, 7) is 2.24. The maximum Gasteiger partial charge on any atom is 0.251 e. The van der Waals surface area contributed by atoms with Crippen molar-refractivity contribution in [3.63, 3.8) is 0 Å². The summed E-state index contributed by atoms with van der Waals surface area (Å²) in [4.78, 5) is 12.4. The van der Waals surface area contributed by atoms with E-state index < -0.39 is 10.0 Å². The van der Waals surface area contributed by atoms with Crippen molar-refractivity contribution >= 4 is 28.3 Å². The van der Waals surface area contributed by atoms with Gasteiger partial charge in [-0.3, -0.25) is 4.79 Å². The number of carbonyl (C=O) groups is 1. The first kappa shape index (κ1) is 18.9. The third kappa shape index (κ3) is 5.04. The summed E-state index contributed by atoms with van der Waals surface area (Å²) < 4.78 is 27.0. The van der Waals surface area contributed by atoms with Crippen LogP contribution >= 0.6 is 12.4 Å². The molecule has 0 saturated heterocycles. The van der Waals surface area contributed by atoms with Gasteiger partial charge in [-0.15, -0.1) is 12.4 Å². The summed E-state index contributed by atoms with van der Waals surface area (Å²) in [5.74, 6) is -0.257. The van der Waals surface area contributed by atoms with Crippen LogP contribution in [0.5, 0.6) is 0 Å². The Balaban J connectivity index is 0.00000208. The Morgan fingerprint density at radius 2 is 2.08 bits per heavy atom. The lowest BCUT2D eigenvalue weighted by Gasteiger charge is -2.14. The molecule has 1 saturated carbocycles. The van der Waals surface area contributed by atoms with Gasteiger partial charge in [0, 0.05) is 24.7 Å². The summed E-state index contributed by atoms with van der Waals surface area (Å²) in [6.07, 6.45) is 4.75. The third-order valence-corrected chi connectivity index (χ3v) is 5.46. The van der Waals surface area contributed by atoms with Crippen molar-refractivity contribution in [3.05, 3.63) is 41.5 Å². The van der Waals surface area contributed by atoms with Crippen LogP contribution in [0.15, 0.2) is 40.8 Å². The third-order valence-electron chi connectivity index (χ3n) is 3.94. The van der Waals surface area contributed by atoms with E-state index in [1.54, 1.807) is 12.1 Å². The zero-order valence-electron chi connectivity index (χ0n) is 13.2. The fraction of sp³-hybridized carbons (Fsp3) is 0.438. The predicted octanol–water partition coefficient (Wildman–Crippen LogP) is 1.20. The number of nitrogens with one attached hydrogen (secondary N) is 3. The smallest absolute Gasteiger partial charge is 0.251 e. The van der Waals surface area contributed by atoms with Crippen molar-refractivity contribution < 1.29 is 13.2 Å². The van der Waals surface area contributed by atoms with Crippen molar-refractivity contribution in [2.45, 2.75) is 30.2 Å². The highest BCUT2D eigenvalue weighted by molar-refractivity contribution is 7.89. The minimum absolute atomic E-state index is 0. The first-order chi connectivity index (χ1) is 11.0. The van der Waals surface area contributed by atoms with Crippen molar-refractivity contribution in [1.29, 1.82) is 0 Å². The molecule has 0 radical (unpaired) electrons. The van der Waals surface area contributed by atoms with Crippen LogP contribution in [0.4, 0.5) is 0 Å².